The fraction of sp³-hybridized carbons (Fsp3) is 0.692. The fourth-order valence-corrected chi connectivity index (χ4v) is 2.68. The molecule has 0 spiro atoms. The van der Waals surface area contributed by atoms with E-state index in [1.807, 2.05) is 6.92 Å². The van der Waals surface area contributed by atoms with Gasteiger partial charge < -0.3 is 15.4 Å². The Hall–Kier alpha value is -0.410. The molecular formula is C13H25IN4OS. The first-order chi connectivity index (χ1) is 9.17. The van der Waals surface area contributed by atoms with Crippen LogP contribution in [0.25, 0.3) is 0 Å². The zero-order chi connectivity index (χ0) is 14.1. The van der Waals surface area contributed by atoms with Crippen molar-refractivity contribution in [3.05, 3.63) is 15.6 Å². The van der Waals surface area contributed by atoms with Gasteiger partial charge >= 0.3 is 0 Å². The van der Waals surface area contributed by atoms with Crippen LogP contribution < -0.4 is 10.6 Å². The third-order valence-electron chi connectivity index (χ3n) is 2.69. The first-order valence-corrected chi connectivity index (χ1v) is 7.35. The van der Waals surface area contributed by atoms with Gasteiger partial charge in [0.2, 0.25) is 0 Å². The molecule has 0 radical (unpaired) electrons. The molecule has 0 atom stereocenters. The van der Waals surface area contributed by atoms with Crippen LogP contribution in [-0.2, 0) is 11.2 Å². The van der Waals surface area contributed by atoms with Gasteiger partial charge in [0.1, 0.15) is 0 Å². The number of hydrogen-bond acceptors (Lipinski definition) is 4. The minimum atomic E-state index is 0. The monoisotopic (exact) mass is 412 g/mol. The van der Waals surface area contributed by atoms with Crippen LogP contribution in [0.4, 0.5) is 0 Å². The average Bonchev–Trinajstić information content (AvgIpc) is 2.71. The molecule has 0 saturated carbocycles. The highest BCUT2D eigenvalue weighted by atomic mass is 127. The molecule has 0 saturated heterocycles. The molecular weight excluding hydrogens is 387 g/mol. The van der Waals surface area contributed by atoms with Gasteiger partial charge in [0.05, 0.1) is 10.7 Å². The van der Waals surface area contributed by atoms with Crippen molar-refractivity contribution in [2.75, 3.05) is 33.9 Å². The molecule has 0 aliphatic rings. The summed E-state index contributed by atoms with van der Waals surface area (Å²) in [6, 6.07) is 0. The number of thiazole rings is 1. The van der Waals surface area contributed by atoms with Crippen LogP contribution in [0.2, 0.25) is 0 Å². The number of aliphatic imine (C=N–C) groups is 1. The van der Waals surface area contributed by atoms with Crippen molar-refractivity contribution in [3.63, 3.8) is 0 Å². The number of guanidine groups is 1. The molecule has 2 N–H and O–H groups in total. The average molecular weight is 412 g/mol. The number of methoxy groups -OCH3 is 1. The first-order valence-electron chi connectivity index (χ1n) is 6.53. The molecule has 20 heavy (non-hydrogen) atoms. The standard InChI is InChI=1S/C13H24N4OS.HI/c1-10-12(19-11(2)17-10)6-8-16-13(14-3)15-7-5-9-18-4;/h5-9H2,1-4H3,(H2,14,15,16);1H. The van der Waals surface area contributed by atoms with Gasteiger partial charge in [0.25, 0.3) is 0 Å². The van der Waals surface area contributed by atoms with Crippen molar-refractivity contribution in [1.82, 2.24) is 15.6 Å². The van der Waals surface area contributed by atoms with Crippen LogP contribution in [0, 0.1) is 13.8 Å². The van der Waals surface area contributed by atoms with Gasteiger partial charge in [-0.1, -0.05) is 0 Å². The van der Waals surface area contributed by atoms with Gasteiger partial charge in [0, 0.05) is 45.2 Å². The van der Waals surface area contributed by atoms with Gasteiger partial charge in [-0.05, 0) is 20.3 Å². The Kier molecular flexibility index (Phi) is 11.0. The van der Waals surface area contributed by atoms with Crippen LogP contribution in [0.3, 0.4) is 0 Å². The minimum absolute atomic E-state index is 0. The lowest BCUT2D eigenvalue weighted by atomic mass is 10.3. The highest BCUT2D eigenvalue weighted by Gasteiger charge is 2.04. The number of nitrogens with zero attached hydrogens (tertiary/aromatic N) is 2. The summed E-state index contributed by atoms with van der Waals surface area (Å²) in [6.07, 6.45) is 1.96. The van der Waals surface area contributed by atoms with E-state index < -0.39 is 0 Å². The number of halogens is 1. The number of aromatic nitrogens is 1. The second-order valence-corrected chi connectivity index (χ2v) is 5.55. The number of nitrogens with one attached hydrogen (secondary N) is 2. The van der Waals surface area contributed by atoms with Crippen molar-refractivity contribution in [3.8, 4) is 0 Å². The summed E-state index contributed by atoms with van der Waals surface area (Å²) in [4.78, 5) is 9.96. The first kappa shape index (κ1) is 19.6. The Morgan fingerprint density at radius 1 is 1.30 bits per heavy atom. The second-order valence-electron chi connectivity index (χ2n) is 4.26. The minimum Gasteiger partial charge on any atom is -0.385 e. The van der Waals surface area contributed by atoms with Crippen molar-refractivity contribution in [2.24, 2.45) is 4.99 Å². The smallest absolute Gasteiger partial charge is 0.190 e. The third kappa shape index (κ3) is 7.39. The van der Waals surface area contributed by atoms with E-state index in [-0.39, 0.29) is 24.0 Å². The Balaban J connectivity index is 0.00000361. The number of rotatable bonds is 7. The van der Waals surface area contributed by atoms with E-state index in [2.05, 4.69) is 27.5 Å². The Labute approximate surface area is 142 Å². The van der Waals surface area contributed by atoms with Crippen molar-refractivity contribution in [2.45, 2.75) is 26.7 Å². The highest BCUT2D eigenvalue weighted by molar-refractivity contribution is 14.0. The van der Waals surface area contributed by atoms with Crippen LogP contribution in [0.15, 0.2) is 4.99 Å². The lowest BCUT2D eigenvalue weighted by Gasteiger charge is -2.11. The Bertz CT molecular complexity index is 409. The maximum atomic E-state index is 5.01. The zero-order valence-corrected chi connectivity index (χ0v) is 15.8. The molecule has 1 rings (SSSR count). The van der Waals surface area contributed by atoms with E-state index in [0.717, 1.165) is 49.2 Å². The zero-order valence-electron chi connectivity index (χ0n) is 12.7. The predicted octanol–water partition coefficient (Wildman–Crippen LogP) is 2.12. The van der Waals surface area contributed by atoms with Crippen molar-refractivity contribution < 1.29 is 4.74 Å². The third-order valence-corrected chi connectivity index (χ3v) is 3.82. The molecule has 0 unspecified atom stereocenters. The summed E-state index contributed by atoms with van der Waals surface area (Å²) in [7, 11) is 3.50. The largest absolute Gasteiger partial charge is 0.385 e. The van der Waals surface area contributed by atoms with Gasteiger partial charge in [0.15, 0.2) is 5.96 Å². The summed E-state index contributed by atoms with van der Waals surface area (Å²) in [5.41, 5.74) is 1.15. The molecule has 7 heteroatoms. The van der Waals surface area contributed by atoms with E-state index >= 15 is 0 Å². The molecule has 1 aromatic heterocycles. The van der Waals surface area contributed by atoms with Crippen molar-refractivity contribution >= 4 is 41.3 Å². The molecule has 0 bridgehead atoms. The van der Waals surface area contributed by atoms with E-state index in [9.17, 15) is 0 Å². The summed E-state index contributed by atoms with van der Waals surface area (Å²) in [6.45, 7) is 6.61. The SMILES string of the molecule is CN=C(NCCCOC)NCCc1sc(C)nc1C.I. The Morgan fingerprint density at radius 3 is 2.55 bits per heavy atom. The van der Waals surface area contributed by atoms with E-state index in [4.69, 9.17) is 4.74 Å². The molecule has 0 aliphatic heterocycles. The molecule has 0 aliphatic carbocycles. The van der Waals surface area contributed by atoms with Crippen molar-refractivity contribution in [1.29, 1.82) is 0 Å². The molecule has 116 valence electrons. The molecule has 0 aromatic carbocycles. The predicted molar refractivity (Wildman–Crippen MR) is 96.6 cm³/mol. The Morgan fingerprint density at radius 2 is 2.00 bits per heavy atom. The maximum absolute atomic E-state index is 5.01. The van der Waals surface area contributed by atoms with E-state index in [1.54, 1.807) is 25.5 Å². The lowest BCUT2D eigenvalue weighted by molar-refractivity contribution is 0.195. The lowest BCUT2D eigenvalue weighted by Crippen LogP contribution is -2.38. The van der Waals surface area contributed by atoms with Crippen LogP contribution >= 0.6 is 35.3 Å². The number of hydrogen-bond donors (Lipinski definition) is 2. The number of aryl methyl sites for hydroxylation is 2. The van der Waals surface area contributed by atoms with E-state index in [1.165, 1.54) is 4.88 Å². The molecule has 0 amide bonds. The van der Waals surface area contributed by atoms with Gasteiger partial charge in [-0.25, -0.2) is 4.98 Å². The van der Waals surface area contributed by atoms with E-state index in [0.29, 0.717) is 0 Å². The maximum Gasteiger partial charge on any atom is 0.190 e. The van der Waals surface area contributed by atoms with Crippen LogP contribution in [0.1, 0.15) is 22.0 Å². The molecule has 5 nitrogen and oxygen atoms in total. The summed E-state index contributed by atoms with van der Waals surface area (Å²) >= 11 is 1.77. The van der Waals surface area contributed by atoms with Gasteiger partial charge in [-0.3, -0.25) is 4.99 Å². The molecule has 1 aromatic rings. The topological polar surface area (TPSA) is 58.5 Å². The van der Waals surface area contributed by atoms with Crippen LogP contribution in [-0.4, -0.2) is 44.8 Å². The normalized spacial score (nSPS) is 11.1. The fourth-order valence-electron chi connectivity index (χ4n) is 1.74. The summed E-state index contributed by atoms with van der Waals surface area (Å²) in [5.74, 6) is 0.843. The number of ether oxygens (including phenoxy) is 1. The molecule has 1 heterocycles. The summed E-state index contributed by atoms with van der Waals surface area (Å²) < 4.78 is 5.01. The van der Waals surface area contributed by atoms with Gasteiger partial charge in [-0.2, -0.15) is 0 Å². The van der Waals surface area contributed by atoms with Gasteiger partial charge in [-0.15, -0.1) is 35.3 Å². The second kappa shape index (κ2) is 11.3. The van der Waals surface area contributed by atoms with Crippen LogP contribution in [0.5, 0.6) is 0 Å². The summed E-state index contributed by atoms with van der Waals surface area (Å²) in [5, 5.41) is 7.70. The molecule has 0 fully saturated rings. The highest BCUT2D eigenvalue weighted by Crippen LogP contribution is 2.16. The quantitative estimate of drug-likeness (QED) is 0.312.